The minimum atomic E-state index is 0.301. The highest BCUT2D eigenvalue weighted by Gasteiger charge is 2.10. The molecule has 30 heavy (non-hydrogen) atoms. The van der Waals surface area contributed by atoms with Crippen LogP contribution in [-0.2, 0) is 6.54 Å². The maximum absolute atomic E-state index is 12.3. The van der Waals surface area contributed by atoms with Crippen molar-refractivity contribution in [3.63, 3.8) is 0 Å². The lowest BCUT2D eigenvalue weighted by Gasteiger charge is -2.26. The fourth-order valence-electron chi connectivity index (χ4n) is 3.93. The van der Waals surface area contributed by atoms with E-state index in [-0.39, 0.29) is 0 Å². The van der Waals surface area contributed by atoms with Gasteiger partial charge in [0.25, 0.3) is 0 Å². The predicted octanol–water partition coefficient (Wildman–Crippen LogP) is 4.62. The van der Waals surface area contributed by atoms with Crippen molar-refractivity contribution in [2.24, 2.45) is 0 Å². The Labute approximate surface area is 178 Å². The molecule has 2 aromatic carbocycles. The normalized spacial score (nSPS) is 15.4. The number of likely N-dealkylation sites (tertiary alicyclic amines) is 1. The molecule has 5 heteroatoms. The van der Waals surface area contributed by atoms with E-state index in [2.05, 4.69) is 4.90 Å². The summed E-state index contributed by atoms with van der Waals surface area (Å²) in [6.07, 6.45) is 6.54. The first kappa shape index (κ1) is 20.4. The largest absolute Gasteiger partial charge is 0.623 e. The number of hydrogen-bond donors (Lipinski definition) is 0. The zero-order valence-corrected chi connectivity index (χ0v) is 17.4. The van der Waals surface area contributed by atoms with E-state index in [9.17, 15) is 5.21 Å². The lowest BCUT2D eigenvalue weighted by atomic mass is 10.1. The Hall–Kier alpha value is -2.92. The third-order valence-electron chi connectivity index (χ3n) is 5.49. The number of aromatic nitrogens is 1. The summed E-state index contributed by atoms with van der Waals surface area (Å²) in [6, 6.07) is 19.5. The van der Waals surface area contributed by atoms with Gasteiger partial charge in [-0.2, -0.15) is 0 Å². The standard InChI is InChI=1S/C25H29N3O2/c29-28(19-21-9-3-1-4-10-21)20-23-14-13-22-11-7-12-24(25(22)26-23)30-18-8-17-27-15-5-2-6-16-27/h1,3-4,7,9-14,20H,2,5-6,8,15-19H2/b28-20-. The fourth-order valence-corrected chi connectivity index (χ4v) is 3.93. The van der Waals surface area contributed by atoms with Crippen LogP contribution in [0, 0.1) is 5.21 Å². The van der Waals surface area contributed by atoms with Crippen molar-refractivity contribution >= 4 is 17.1 Å². The van der Waals surface area contributed by atoms with Crippen LogP contribution >= 0.6 is 0 Å². The van der Waals surface area contributed by atoms with Gasteiger partial charge >= 0.3 is 0 Å². The summed E-state index contributed by atoms with van der Waals surface area (Å²) < 4.78 is 6.99. The van der Waals surface area contributed by atoms with Crippen molar-refractivity contribution < 1.29 is 9.48 Å². The van der Waals surface area contributed by atoms with Crippen LogP contribution in [0.1, 0.15) is 36.9 Å². The summed E-state index contributed by atoms with van der Waals surface area (Å²) >= 11 is 0. The number of benzene rings is 2. The van der Waals surface area contributed by atoms with Crippen LogP contribution < -0.4 is 4.74 Å². The van der Waals surface area contributed by atoms with Crippen molar-refractivity contribution in [2.45, 2.75) is 32.2 Å². The van der Waals surface area contributed by atoms with Crippen LogP contribution in [0.2, 0.25) is 0 Å². The maximum Gasteiger partial charge on any atom is 0.200 e. The molecule has 4 rings (SSSR count). The second-order valence-electron chi connectivity index (χ2n) is 7.86. The predicted molar refractivity (Wildman–Crippen MR) is 121 cm³/mol. The first-order chi connectivity index (χ1) is 14.8. The van der Waals surface area contributed by atoms with E-state index >= 15 is 0 Å². The van der Waals surface area contributed by atoms with E-state index in [1.54, 1.807) is 6.21 Å². The summed E-state index contributed by atoms with van der Waals surface area (Å²) in [6.45, 7) is 4.48. The van der Waals surface area contributed by atoms with E-state index in [0.717, 1.165) is 39.9 Å². The molecule has 5 nitrogen and oxygen atoms in total. The molecule has 0 radical (unpaired) electrons. The molecule has 0 amide bonds. The highest BCUT2D eigenvalue weighted by Crippen LogP contribution is 2.24. The molecule has 0 atom stereocenters. The van der Waals surface area contributed by atoms with Crippen LogP contribution in [0.4, 0.5) is 0 Å². The van der Waals surface area contributed by atoms with Gasteiger partial charge in [0, 0.05) is 17.5 Å². The number of para-hydroxylation sites is 1. The zero-order valence-electron chi connectivity index (χ0n) is 17.4. The topological polar surface area (TPSA) is 51.4 Å². The third-order valence-corrected chi connectivity index (χ3v) is 5.49. The molecule has 2 heterocycles. The number of piperidine rings is 1. The van der Waals surface area contributed by atoms with Crippen LogP contribution in [0.3, 0.4) is 0 Å². The third kappa shape index (κ3) is 5.57. The Bertz CT molecular complexity index is 982. The van der Waals surface area contributed by atoms with Gasteiger partial charge in [0.15, 0.2) is 6.54 Å². The first-order valence-corrected chi connectivity index (χ1v) is 10.9. The number of pyridine rings is 1. The van der Waals surface area contributed by atoms with Gasteiger partial charge in [-0.3, -0.25) is 0 Å². The van der Waals surface area contributed by atoms with Crippen LogP contribution in [0.15, 0.2) is 60.7 Å². The zero-order chi connectivity index (χ0) is 20.6. The Morgan fingerprint density at radius 2 is 1.80 bits per heavy atom. The fraction of sp³-hybridized carbons (Fsp3) is 0.360. The highest BCUT2D eigenvalue weighted by molar-refractivity contribution is 5.87. The van der Waals surface area contributed by atoms with Gasteiger partial charge < -0.3 is 14.8 Å². The highest BCUT2D eigenvalue weighted by atomic mass is 16.5. The summed E-state index contributed by atoms with van der Waals surface area (Å²) in [5.41, 5.74) is 2.41. The Morgan fingerprint density at radius 1 is 0.967 bits per heavy atom. The molecule has 0 spiro atoms. The Kier molecular flexibility index (Phi) is 6.93. The van der Waals surface area contributed by atoms with Gasteiger partial charge in [-0.05, 0) is 44.5 Å². The smallest absolute Gasteiger partial charge is 0.200 e. The number of hydroxylamine groups is 1. The van der Waals surface area contributed by atoms with Gasteiger partial charge in [-0.25, -0.2) is 9.72 Å². The minimum absolute atomic E-state index is 0.301. The van der Waals surface area contributed by atoms with Crippen molar-refractivity contribution in [3.8, 4) is 5.75 Å². The van der Waals surface area contributed by atoms with E-state index in [1.165, 1.54) is 32.4 Å². The van der Waals surface area contributed by atoms with Gasteiger partial charge in [0.2, 0.25) is 6.21 Å². The van der Waals surface area contributed by atoms with E-state index < -0.39 is 0 Å². The molecule has 156 valence electrons. The Balaban J connectivity index is 1.41. The lowest BCUT2D eigenvalue weighted by Crippen LogP contribution is -2.31. The van der Waals surface area contributed by atoms with Gasteiger partial charge in [0.1, 0.15) is 17.0 Å². The summed E-state index contributed by atoms with van der Waals surface area (Å²) in [4.78, 5) is 7.22. The van der Waals surface area contributed by atoms with E-state index in [1.807, 2.05) is 60.7 Å². The van der Waals surface area contributed by atoms with E-state index in [0.29, 0.717) is 18.8 Å². The molecule has 0 saturated carbocycles. The second-order valence-corrected chi connectivity index (χ2v) is 7.86. The monoisotopic (exact) mass is 403 g/mol. The first-order valence-electron chi connectivity index (χ1n) is 10.9. The molecular weight excluding hydrogens is 374 g/mol. The molecule has 3 aromatic rings. The number of fused-ring (bicyclic) bond motifs is 1. The van der Waals surface area contributed by atoms with Crippen LogP contribution in [0.5, 0.6) is 5.75 Å². The van der Waals surface area contributed by atoms with Gasteiger partial charge in [0.05, 0.1) is 6.61 Å². The summed E-state index contributed by atoms with van der Waals surface area (Å²) in [5.74, 6) is 0.780. The number of hydrogen-bond acceptors (Lipinski definition) is 4. The van der Waals surface area contributed by atoms with Crippen LogP contribution in [-0.4, -0.2) is 47.1 Å². The van der Waals surface area contributed by atoms with Crippen molar-refractivity contribution in [3.05, 3.63) is 77.1 Å². The molecule has 1 saturated heterocycles. The SMILES string of the molecule is [O-]/[N+](=C\c1ccc2cccc(OCCCN3CCCCC3)c2n1)Cc1ccccc1. The molecule has 1 fully saturated rings. The number of nitrogens with zero attached hydrogens (tertiary/aromatic N) is 3. The van der Waals surface area contributed by atoms with Gasteiger partial charge in [-0.1, -0.05) is 55.0 Å². The Morgan fingerprint density at radius 3 is 2.63 bits per heavy atom. The van der Waals surface area contributed by atoms with Crippen molar-refractivity contribution in [1.82, 2.24) is 9.88 Å². The van der Waals surface area contributed by atoms with Crippen molar-refractivity contribution in [1.29, 1.82) is 0 Å². The minimum Gasteiger partial charge on any atom is -0.623 e. The molecule has 1 aliphatic heterocycles. The number of rotatable bonds is 8. The molecule has 0 unspecified atom stereocenters. The summed E-state index contributed by atoms with van der Waals surface area (Å²) in [5, 5.41) is 13.4. The summed E-state index contributed by atoms with van der Waals surface area (Å²) in [7, 11) is 0. The average Bonchev–Trinajstić information content (AvgIpc) is 2.78. The average molecular weight is 404 g/mol. The molecule has 1 aromatic heterocycles. The molecule has 1 aliphatic rings. The quantitative estimate of drug-likeness (QED) is 0.181. The van der Waals surface area contributed by atoms with Gasteiger partial charge in [-0.15, -0.1) is 0 Å². The molecular formula is C25H29N3O2. The van der Waals surface area contributed by atoms with Crippen LogP contribution in [0.25, 0.3) is 10.9 Å². The number of ether oxygens (including phenoxy) is 1. The lowest BCUT2D eigenvalue weighted by molar-refractivity contribution is -0.469. The molecule has 0 bridgehead atoms. The molecule has 0 aliphatic carbocycles. The van der Waals surface area contributed by atoms with E-state index in [4.69, 9.17) is 9.72 Å². The maximum atomic E-state index is 12.3. The van der Waals surface area contributed by atoms with Crippen molar-refractivity contribution in [2.75, 3.05) is 26.2 Å². The molecule has 0 N–H and O–H groups in total. The second kappa shape index (κ2) is 10.2.